The molecule has 2 aromatic carbocycles. The zero-order valence-electron chi connectivity index (χ0n) is 18.3. The molecule has 3 rings (SSSR count). The van der Waals surface area contributed by atoms with Crippen molar-refractivity contribution < 1.29 is 27.5 Å². The first-order valence-electron chi connectivity index (χ1n) is 10.1. The average Bonchev–Trinajstić information content (AvgIpc) is 2.76. The molecule has 0 fully saturated rings. The Kier molecular flexibility index (Phi) is 7.05. The van der Waals surface area contributed by atoms with Gasteiger partial charge in [-0.1, -0.05) is 19.9 Å². The van der Waals surface area contributed by atoms with Crippen molar-refractivity contribution >= 4 is 27.5 Å². The predicted octanol–water partition coefficient (Wildman–Crippen LogP) is 2.21. The van der Waals surface area contributed by atoms with E-state index in [0.717, 1.165) is 5.56 Å². The number of hydrogen-bond donors (Lipinski definition) is 3. The van der Waals surface area contributed by atoms with E-state index in [0.29, 0.717) is 17.2 Å². The lowest BCUT2D eigenvalue weighted by Crippen LogP contribution is -2.50. The molecule has 0 radical (unpaired) electrons. The molecule has 32 heavy (non-hydrogen) atoms. The van der Waals surface area contributed by atoms with Crippen molar-refractivity contribution in [3.05, 3.63) is 48.0 Å². The van der Waals surface area contributed by atoms with Crippen molar-refractivity contribution in [1.29, 1.82) is 0 Å². The molecule has 0 saturated carbocycles. The van der Waals surface area contributed by atoms with Gasteiger partial charge in [0, 0.05) is 0 Å². The molecule has 0 saturated heterocycles. The number of carbonyl (C=O) groups is 2. The molecule has 2 atom stereocenters. The normalized spacial score (nSPS) is 15.2. The van der Waals surface area contributed by atoms with Gasteiger partial charge >= 0.3 is 0 Å². The zero-order valence-corrected chi connectivity index (χ0v) is 19.2. The van der Waals surface area contributed by atoms with Crippen LogP contribution >= 0.6 is 0 Å². The van der Waals surface area contributed by atoms with E-state index in [-0.39, 0.29) is 23.3 Å². The number of ether oxygens (including phenoxy) is 2. The van der Waals surface area contributed by atoms with E-state index in [1.54, 1.807) is 51.1 Å². The van der Waals surface area contributed by atoms with Crippen LogP contribution in [-0.4, -0.2) is 40.0 Å². The van der Waals surface area contributed by atoms with Crippen LogP contribution in [0.15, 0.2) is 47.4 Å². The molecule has 1 aliphatic heterocycles. The topological polar surface area (TPSA) is 123 Å². The minimum absolute atomic E-state index is 0.0372. The summed E-state index contributed by atoms with van der Waals surface area (Å²) in [6.45, 7) is 5.26. The molecule has 1 unspecified atom stereocenters. The third kappa shape index (κ3) is 5.38. The van der Waals surface area contributed by atoms with E-state index in [1.807, 2.05) is 0 Å². The summed E-state index contributed by atoms with van der Waals surface area (Å²) in [5.41, 5.74) is 1.27. The largest absolute Gasteiger partial charge is 0.497 e. The Morgan fingerprint density at radius 1 is 1.12 bits per heavy atom. The second-order valence-corrected chi connectivity index (χ2v) is 9.56. The summed E-state index contributed by atoms with van der Waals surface area (Å²) >= 11 is 0. The molecule has 0 aliphatic carbocycles. The Bertz CT molecular complexity index is 1100. The van der Waals surface area contributed by atoms with Gasteiger partial charge in [0.2, 0.25) is 15.9 Å². The zero-order chi connectivity index (χ0) is 23.5. The highest BCUT2D eigenvalue weighted by molar-refractivity contribution is 7.89. The van der Waals surface area contributed by atoms with E-state index < -0.39 is 28.0 Å². The molecular formula is C22H27N3O6S. The molecule has 2 aromatic rings. The lowest BCUT2D eigenvalue weighted by Gasteiger charge is -2.25. The van der Waals surface area contributed by atoms with Crippen molar-refractivity contribution in [2.45, 2.75) is 37.8 Å². The molecule has 2 amide bonds. The van der Waals surface area contributed by atoms with Crippen LogP contribution < -0.4 is 24.8 Å². The third-order valence-electron chi connectivity index (χ3n) is 5.10. The summed E-state index contributed by atoms with van der Waals surface area (Å²) < 4.78 is 38.5. The molecule has 0 bridgehead atoms. The predicted molar refractivity (Wildman–Crippen MR) is 119 cm³/mol. The Labute approximate surface area is 187 Å². The number of sulfonamides is 1. The van der Waals surface area contributed by atoms with Crippen molar-refractivity contribution in [3.8, 4) is 11.5 Å². The molecule has 172 valence electrons. The number of benzene rings is 2. The van der Waals surface area contributed by atoms with E-state index in [4.69, 9.17) is 9.47 Å². The van der Waals surface area contributed by atoms with Gasteiger partial charge in [-0.05, 0) is 54.8 Å². The van der Waals surface area contributed by atoms with Crippen LogP contribution in [0.2, 0.25) is 0 Å². The summed E-state index contributed by atoms with van der Waals surface area (Å²) in [5.74, 6) is 0.0786. The van der Waals surface area contributed by atoms with Crippen molar-refractivity contribution in [2.75, 3.05) is 19.0 Å². The number of carbonyl (C=O) groups excluding carboxylic acids is 2. The maximum Gasteiger partial charge on any atom is 0.262 e. The monoisotopic (exact) mass is 461 g/mol. The second-order valence-electron chi connectivity index (χ2n) is 7.84. The Morgan fingerprint density at radius 2 is 1.81 bits per heavy atom. The first-order valence-corrected chi connectivity index (χ1v) is 11.6. The Morgan fingerprint density at radius 3 is 2.44 bits per heavy atom. The maximum absolute atomic E-state index is 13.0. The van der Waals surface area contributed by atoms with Gasteiger partial charge in [-0.3, -0.25) is 9.59 Å². The van der Waals surface area contributed by atoms with Gasteiger partial charge in [-0.2, -0.15) is 4.72 Å². The van der Waals surface area contributed by atoms with Gasteiger partial charge in [-0.15, -0.1) is 0 Å². The molecule has 3 N–H and O–H groups in total. The standard InChI is InChI=1S/C22H27N3O6S/c1-13(2)21(25-32(28,29)17-8-6-16(30-4)7-9-17)22(27)23-14(3)15-5-10-19-18(11-15)24-20(26)12-31-19/h5-11,13-14,21,25H,12H2,1-4H3,(H,23,27)(H,24,26)/t14?,21-/m0/s1. The van der Waals surface area contributed by atoms with Crippen LogP contribution in [0.5, 0.6) is 11.5 Å². The summed E-state index contributed by atoms with van der Waals surface area (Å²) in [7, 11) is -2.43. The van der Waals surface area contributed by atoms with E-state index in [9.17, 15) is 18.0 Å². The maximum atomic E-state index is 13.0. The third-order valence-corrected chi connectivity index (χ3v) is 6.55. The van der Waals surface area contributed by atoms with Gasteiger partial charge < -0.3 is 20.1 Å². The second kappa shape index (κ2) is 9.58. The highest BCUT2D eigenvalue weighted by atomic mass is 32.2. The molecule has 0 aromatic heterocycles. The van der Waals surface area contributed by atoms with Crippen LogP contribution in [0.25, 0.3) is 0 Å². The van der Waals surface area contributed by atoms with Gasteiger partial charge in [0.25, 0.3) is 5.91 Å². The lowest BCUT2D eigenvalue weighted by molar-refractivity contribution is -0.124. The van der Waals surface area contributed by atoms with Crippen LogP contribution in [0.3, 0.4) is 0 Å². The Balaban J connectivity index is 1.73. The van der Waals surface area contributed by atoms with Crippen LogP contribution in [0.1, 0.15) is 32.4 Å². The highest BCUT2D eigenvalue weighted by Crippen LogP contribution is 2.30. The summed E-state index contributed by atoms with van der Waals surface area (Å²) in [6.07, 6.45) is 0. The quantitative estimate of drug-likeness (QED) is 0.554. The number of anilines is 1. The fourth-order valence-electron chi connectivity index (χ4n) is 3.24. The number of methoxy groups -OCH3 is 1. The van der Waals surface area contributed by atoms with Crippen molar-refractivity contribution in [1.82, 2.24) is 10.0 Å². The number of fused-ring (bicyclic) bond motifs is 1. The summed E-state index contributed by atoms with van der Waals surface area (Å²) in [6, 6.07) is 9.74. The molecule has 1 heterocycles. The van der Waals surface area contributed by atoms with Gasteiger partial charge in [0.15, 0.2) is 6.61 Å². The number of nitrogens with one attached hydrogen (secondary N) is 3. The lowest BCUT2D eigenvalue weighted by atomic mass is 10.0. The van der Waals surface area contributed by atoms with E-state index in [1.165, 1.54) is 19.2 Å². The number of amides is 2. The minimum atomic E-state index is -3.92. The highest BCUT2D eigenvalue weighted by Gasteiger charge is 2.29. The number of hydrogen-bond acceptors (Lipinski definition) is 6. The van der Waals surface area contributed by atoms with Crippen LogP contribution in [-0.2, 0) is 19.6 Å². The van der Waals surface area contributed by atoms with Crippen LogP contribution in [0, 0.1) is 5.92 Å². The average molecular weight is 462 g/mol. The molecule has 10 heteroatoms. The summed E-state index contributed by atoms with van der Waals surface area (Å²) in [4.78, 5) is 24.6. The van der Waals surface area contributed by atoms with Gasteiger partial charge in [0.1, 0.15) is 17.5 Å². The SMILES string of the molecule is COc1ccc(S(=O)(=O)N[C@H](C(=O)NC(C)c2ccc3c(c2)NC(=O)CO3)C(C)C)cc1. The van der Waals surface area contributed by atoms with Gasteiger partial charge in [0.05, 0.1) is 23.7 Å². The number of rotatable bonds is 8. The van der Waals surface area contributed by atoms with E-state index in [2.05, 4.69) is 15.4 Å². The fourth-order valence-corrected chi connectivity index (χ4v) is 4.58. The van der Waals surface area contributed by atoms with Crippen LogP contribution in [0.4, 0.5) is 5.69 Å². The van der Waals surface area contributed by atoms with Gasteiger partial charge in [-0.25, -0.2) is 8.42 Å². The van der Waals surface area contributed by atoms with Crippen molar-refractivity contribution in [2.24, 2.45) is 5.92 Å². The first-order chi connectivity index (χ1) is 15.1. The molecular weight excluding hydrogens is 434 g/mol. The first kappa shape index (κ1) is 23.6. The van der Waals surface area contributed by atoms with Crippen molar-refractivity contribution in [3.63, 3.8) is 0 Å². The minimum Gasteiger partial charge on any atom is -0.497 e. The smallest absolute Gasteiger partial charge is 0.262 e. The molecule has 9 nitrogen and oxygen atoms in total. The summed E-state index contributed by atoms with van der Waals surface area (Å²) in [5, 5.41) is 5.58. The van der Waals surface area contributed by atoms with E-state index >= 15 is 0 Å². The molecule has 0 spiro atoms. The Hall–Kier alpha value is -3.11. The molecule has 1 aliphatic rings. The fraction of sp³-hybridized carbons (Fsp3) is 0.364.